The number of likely N-dealkylation sites (tertiary alicyclic amines) is 1. The molecule has 33 heavy (non-hydrogen) atoms. The molecule has 1 aliphatic rings. The number of Topliss-reactive ketones (excluding diaryl/α,β-unsaturated/α-hetero) is 2. The van der Waals surface area contributed by atoms with E-state index in [0.29, 0.717) is 35.7 Å². The Morgan fingerprint density at radius 2 is 1.91 bits per heavy atom. The van der Waals surface area contributed by atoms with Crippen LogP contribution in [0.15, 0.2) is 77.7 Å². The smallest absolute Gasteiger partial charge is 0.291 e. The van der Waals surface area contributed by atoms with Crippen molar-refractivity contribution in [2.24, 2.45) is 5.92 Å². The third-order valence-corrected chi connectivity index (χ3v) is 6.16. The molecule has 1 saturated heterocycles. The van der Waals surface area contributed by atoms with E-state index in [-0.39, 0.29) is 5.76 Å². The standard InChI is InChI=1S/C25H20ClN3O4/c26-18-7-3-6-17(13-18)22-21(23(30)20-14-16-5-1-2-8-19(16)33-20)24(31)25(32)29(22)11-4-10-28-12-9-27-15-28/h1-3,5-9,12-15,21-22H,4,10-11H2. The summed E-state index contributed by atoms with van der Waals surface area (Å²) in [6.45, 7) is 0.937. The summed E-state index contributed by atoms with van der Waals surface area (Å²) >= 11 is 6.21. The number of fused-ring (bicyclic) bond motifs is 1. The summed E-state index contributed by atoms with van der Waals surface area (Å²) in [5, 5.41) is 1.22. The average Bonchev–Trinajstić information content (AvgIpc) is 3.53. The van der Waals surface area contributed by atoms with Gasteiger partial charge >= 0.3 is 0 Å². The zero-order chi connectivity index (χ0) is 22.9. The lowest BCUT2D eigenvalue weighted by atomic mass is 9.88. The van der Waals surface area contributed by atoms with Gasteiger partial charge in [0.1, 0.15) is 11.5 Å². The molecular weight excluding hydrogens is 442 g/mol. The molecular formula is C25H20ClN3O4. The number of halogens is 1. The minimum absolute atomic E-state index is 0.0645. The molecule has 5 rings (SSSR count). The number of ketones is 2. The van der Waals surface area contributed by atoms with Crippen molar-refractivity contribution in [2.75, 3.05) is 6.54 Å². The monoisotopic (exact) mass is 461 g/mol. The van der Waals surface area contributed by atoms with Crippen LogP contribution in [0.4, 0.5) is 0 Å². The Morgan fingerprint density at radius 3 is 2.67 bits per heavy atom. The number of amides is 1. The molecule has 1 aliphatic heterocycles. The van der Waals surface area contributed by atoms with E-state index in [1.807, 2.05) is 22.9 Å². The lowest BCUT2D eigenvalue weighted by molar-refractivity contribution is -0.140. The summed E-state index contributed by atoms with van der Waals surface area (Å²) in [5.74, 6) is -3.04. The molecule has 0 spiro atoms. The molecule has 3 heterocycles. The van der Waals surface area contributed by atoms with E-state index in [0.717, 1.165) is 5.39 Å². The van der Waals surface area contributed by atoms with E-state index in [4.69, 9.17) is 16.0 Å². The first-order valence-corrected chi connectivity index (χ1v) is 11.0. The van der Waals surface area contributed by atoms with Gasteiger partial charge in [0.25, 0.3) is 5.91 Å². The summed E-state index contributed by atoms with van der Waals surface area (Å²) in [6, 6.07) is 15.0. The summed E-state index contributed by atoms with van der Waals surface area (Å²) in [7, 11) is 0. The lowest BCUT2D eigenvalue weighted by Gasteiger charge is -2.27. The summed E-state index contributed by atoms with van der Waals surface area (Å²) < 4.78 is 7.63. The van der Waals surface area contributed by atoms with Gasteiger partial charge in [-0.15, -0.1) is 0 Å². The molecule has 0 saturated carbocycles. The predicted octanol–water partition coefficient (Wildman–Crippen LogP) is 4.32. The number of furan rings is 1. The van der Waals surface area contributed by atoms with Crippen molar-refractivity contribution >= 4 is 40.0 Å². The molecule has 7 nitrogen and oxygen atoms in total. The van der Waals surface area contributed by atoms with Crippen LogP contribution in [0.1, 0.15) is 28.6 Å². The molecule has 0 aliphatic carbocycles. The average molecular weight is 462 g/mol. The van der Waals surface area contributed by atoms with Gasteiger partial charge in [-0.1, -0.05) is 41.9 Å². The Balaban J connectivity index is 1.49. The molecule has 1 fully saturated rings. The molecule has 1 amide bonds. The van der Waals surface area contributed by atoms with Crippen molar-refractivity contribution in [1.29, 1.82) is 0 Å². The maximum Gasteiger partial charge on any atom is 0.291 e. The second-order valence-corrected chi connectivity index (χ2v) is 8.44. The maximum atomic E-state index is 13.5. The Hall–Kier alpha value is -3.71. The van der Waals surface area contributed by atoms with E-state index in [2.05, 4.69) is 4.98 Å². The van der Waals surface area contributed by atoms with Crippen LogP contribution in [0.25, 0.3) is 11.0 Å². The highest BCUT2D eigenvalue weighted by Crippen LogP contribution is 2.39. The Kier molecular flexibility index (Phi) is 5.56. The quantitative estimate of drug-likeness (QED) is 0.232. The van der Waals surface area contributed by atoms with Gasteiger partial charge in [-0.3, -0.25) is 14.4 Å². The molecule has 8 heteroatoms. The van der Waals surface area contributed by atoms with Gasteiger partial charge in [0.2, 0.25) is 11.6 Å². The molecule has 2 aromatic carbocycles. The van der Waals surface area contributed by atoms with Crippen molar-refractivity contribution < 1.29 is 18.8 Å². The fourth-order valence-electron chi connectivity index (χ4n) is 4.39. The highest BCUT2D eigenvalue weighted by molar-refractivity contribution is 6.44. The van der Waals surface area contributed by atoms with Crippen LogP contribution >= 0.6 is 11.6 Å². The van der Waals surface area contributed by atoms with Gasteiger partial charge in [0.15, 0.2) is 5.76 Å². The fourth-order valence-corrected chi connectivity index (χ4v) is 4.59. The van der Waals surface area contributed by atoms with Gasteiger partial charge in [0.05, 0.1) is 12.4 Å². The van der Waals surface area contributed by atoms with Crippen LogP contribution in [0.3, 0.4) is 0 Å². The van der Waals surface area contributed by atoms with Crippen LogP contribution in [0, 0.1) is 5.92 Å². The second-order valence-electron chi connectivity index (χ2n) is 8.01. The number of carbonyl (C=O) groups excluding carboxylic acids is 3. The van der Waals surface area contributed by atoms with Gasteiger partial charge in [-0.25, -0.2) is 4.98 Å². The van der Waals surface area contributed by atoms with Crippen LogP contribution in [0.5, 0.6) is 0 Å². The maximum absolute atomic E-state index is 13.5. The van der Waals surface area contributed by atoms with E-state index in [1.54, 1.807) is 55.0 Å². The van der Waals surface area contributed by atoms with E-state index in [1.165, 1.54) is 4.90 Å². The van der Waals surface area contributed by atoms with Crippen LogP contribution in [0.2, 0.25) is 5.02 Å². The van der Waals surface area contributed by atoms with Crippen molar-refractivity contribution in [3.05, 3.63) is 89.7 Å². The molecule has 0 N–H and O–H groups in total. The fraction of sp³-hybridized carbons (Fsp3) is 0.200. The molecule has 4 aromatic rings. The normalized spacial score (nSPS) is 18.4. The highest BCUT2D eigenvalue weighted by atomic mass is 35.5. The van der Waals surface area contributed by atoms with Crippen molar-refractivity contribution in [3.8, 4) is 0 Å². The third kappa shape index (κ3) is 3.96. The van der Waals surface area contributed by atoms with Gasteiger partial charge < -0.3 is 13.9 Å². The first-order chi connectivity index (χ1) is 16.0. The van der Waals surface area contributed by atoms with E-state index in [9.17, 15) is 14.4 Å². The third-order valence-electron chi connectivity index (χ3n) is 5.92. The van der Waals surface area contributed by atoms with Crippen LogP contribution in [-0.4, -0.2) is 38.5 Å². The number of hydrogen-bond donors (Lipinski definition) is 0. The van der Waals surface area contributed by atoms with E-state index < -0.39 is 29.4 Å². The minimum atomic E-state index is -1.20. The van der Waals surface area contributed by atoms with Gasteiger partial charge in [-0.2, -0.15) is 0 Å². The summed E-state index contributed by atoms with van der Waals surface area (Å²) in [4.78, 5) is 45.1. The second kappa shape index (κ2) is 8.67. The van der Waals surface area contributed by atoms with Crippen molar-refractivity contribution in [2.45, 2.75) is 19.0 Å². The molecule has 2 atom stereocenters. The van der Waals surface area contributed by atoms with Gasteiger partial charge in [-0.05, 0) is 36.2 Å². The first-order valence-electron chi connectivity index (χ1n) is 10.6. The van der Waals surface area contributed by atoms with Crippen LogP contribution in [-0.2, 0) is 16.1 Å². The number of carbonyl (C=O) groups is 3. The van der Waals surface area contributed by atoms with Gasteiger partial charge in [0, 0.05) is 35.9 Å². The number of nitrogens with zero attached hydrogens (tertiary/aromatic N) is 3. The molecule has 0 radical (unpaired) electrons. The molecule has 166 valence electrons. The van der Waals surface area contributed by atoms with Crippen molar-refractivity contribution in [1.82, 2.24) is 14.5 Å². The number of hydrogen-bond acceptors (Lipinski definition) is 5. The highest BCUT2D eigenvalue weighted by Gasteiger charge is 2.52. The summed E-state index contributed by atoms with van der Waals surface area (Å²) in [5.41, 5.74) is 1.19. The number of rotatable bonds is 7. The zero-order valence-electron chi connectivity index (χ0n) is 17.6. The topological polar surface area (TPSA) is 85.4 Å². The zero-order valence-corrected chi connectivity index (χ0v) is 18.3. The Bertz CT molecular complexity index is 1310. The molecule has 0 bridgehead atoms. The minimum Gasteiger partial charge on any atom is -0.453 e. The molecule has 2 aromatic heterocycles. The Labute approximate surface area is 194 Å². The SMILES string of the molecule is O=C1C(=O)N(CCCn2ccnc2)C(c2cccc(Cl)c2)C1C(=O)c1cc2ccccc2o1. The number of aryl methyl sites for hydroxylation is 1. The number of benzene rings is 2. The van der Waals surface area contributed by atoms with Crippen LogP contribution < -0.4 is 0 Å². The number of aromatic nitrogens is 2. The predicted molar refractivity (Wildman–Crippen MR) is 122 cm³/mol. The largest absolute Gasteiger partial charge is 0.453 e. The lowest BCUT2D eigenvalue weighted by Crippen LogP contribution is -2.32. The number of para-hydroxylation sites is 1. The van der Waals surface area contributed by atoms with E-state index >= 15 is 0 Å². The van der Waals surface area contributed by atoms with Crippen molar-refractivity contribution in [3.63, 3.8) is 0 Å². The molecule has 2 unspecified atom stereocenters. The Morgan fingerprint density at radius 1 is 1.06 bits per heavy atom. The summed E-state index contributed by atoms with van der Waals surface area (Å²) in [6.07, 6.45) is 5.80. The number of imidazole rings is 1. The first kappa shape index (κ1) is 21.2.